The molecule has 0 bridgehead atoms. The minimum absolute atomic E-state index is 0. The zero-order chi connectivity index (χ0) is 27.7. The average Bonchev–Trinajstić information content (AvgIpc) is 3.29. The summed E-state index contributed by atoms with van der Waals surface area (Å²) in [6, 6.07) is 7.35. The number of hydrogen-bond acceptors (Lipinski definition) is 6. The third kappa shape index (κ3) is 5.48. The van der Waals surface area contributed by atoms with E-state index in [-0.39, 0.29) is 48.2 Å². The van der Waals surface area contributed by atoms with Gasteiger partial charge < -0.3 is 5.32 Å². The van der Waals surface area contributed by atoms with E-state index < -0.39 is 45.8 Å². The molecule has 1 saturated heterocycles. The van der Waals surface area contributed by atoms with Crippen molar-refractivity contribution in [3.05, 3.63) is 77.5 Å². The molecule has 1 aromatic carbocycles. The van der Waals surface area contributed by atoms with Crippen LogP contribution in [-0.2, 0) is 27.5 Å². The highest BCUT2D eigenvalue weighted by atomic mass is 32.2. The SMILES string of the molecule is N#Cc1cnc(-c2ccc(C(F)(F)F)nc2)cc1CNC(=O)[C@@H]1[C@@H](F)CCN1S(=O)(=O)c1ccc(F)cc1.[HH]. The number of rotatable bonds is 6. The van der Waals surface area contributed by atoms with Crippen LogP contribution in [0.5, 0.6) is 0 Å². The zero-order valence-corrected chi connectivity index (χ0v) is 20.1. The van der Waals surface area contributed by atoms with Gasteiger partial charge in [-0.3, -0.25) is 14.8 Å². The van der Waals surface area contributed by atoms with E-state index in [4.69, 9.17) is 0 Å². The Hall–Kier alpha value is -3.96. The number of carbonyl (C=O) groups excluding carboxylic acids is 1. The van der Waals surface area contributed by atoms with Gasteiger partial charge in [-0.1, -0.05) is 0 Å². The van der Waals surface area contributed by atoms with Crippen LogP contribution < -0.4 is 5.32 Å². The van der Waals surface area contributed by atoms with Gasteiger partial charge in [0.05, 0.1) is 16.2 Å². The second-order valence-corrected chi connectivity index (χ2v) is 10.2. The van der Waals surface area contributed by atoms with Gasteiger partial charge >= 0.3 is 6.18 Å². The standard InChI is InChI=1S/C24H18F5N5O3S.H2/c25-17-2-4-18(5-3-17)38(36,37)34-8-7-19(26)22(34)23(35)33-12-15-9-20(31-13-16(15)10-30)14-1-6-21(32-11-14)24(27,28)29;/h1-6,9,11,13,19,22H,7-8,12H2,(H,33,35);1H/t19-,22-;/m0./s1. The van der Waals surface area contributed by atoms with Gasteiger partial charge in [0.15, 0.2) is 0 Å². The van der Waals surface area contributed by atoms with Crippen LogP contribution in [0.3, 0.4) is 0 Å². The molecule has 14 heteroatoms. The summed E-state index contributed by atoms with van der Waals surface area (Å²) in [6.45, 7) is -0.596. The lowest BCUT2D eigenvalue weighted by molar-refractivity contribution is -0.141. The summed E-state index contributed by atoms with van der Waals surface area (Å²) in [5.41, 5.74) is -0.467. The molecule has 1 N–H and O–H groups in total. The first-order valence-electron chi connectivity index (χ1n) is 11.0. The molecule has 2 atom stereocenters. The molecule has 0 radical (unpaired) electrons. The van der Waals surface area contributed by atoms with Crippen molar-refractivity contribution in [2.45, 2.75) is 36.3 Å². The number of nitrogens with zero attached hydrogens (tertiary/aromatic N) is 4. The monoisotopic (exact) mass is 553 g/mol. The fourth-order valence-electron chi connectivity index (χ4n) is 3.94. The number of nitriles is 1. The maximum Gasteiger partial charge on any atom is 0.433 e. The van der Waals surface area contributed by atoms with Gasteiger partial charge in [-0.15, -0.1) is 0 Å². The van der Waals surface area contributed by atoms with Crippen LogP contribution in [0, 0.1) is 17.1 Å². The molecule has 1 amide bonds. The minimum Gasteiger partial charge on any atom is -0.350 e. The Morgan fingerprint density at radius 1 is 1.16 bits per heavy atom. The fraction of sp³-hybridized carbons (Fsp3) is 0.250. The molecule has 4 rings (SSSR count). The predicted octanol–water partition coefficient (Wildman–Crippen LogP) is 3.84. The molecule has 2 aromatic heterocycles. The molecule has 38 heavy (non-hydrogen) atoms. The summed E-state index contributed by atoms with van der Waals surface area (Å²) in [7, 11) is -4.32. The van der Waals surface area contributed by atoms with Crippen molar-refractivity contribution in [1.29, 1.82) is 5.26 Å². The topological polar surface area (TPSA) is 116 Å². The number of amides is 1. The largest absolute Gasteiger partial charge is 0.433 e. The van der Waals surface area contributed by atoms with Crippen molar-refractivity contribution >= 4 is 15.9 Å². The number of aromatic nitrogens is 2. The maximum atomic E-state index is 14.7. The van der Waals surface area contributed by atoms with Crippen LogP contribution in [0.1, 0.15) is 24.7 Å². The number of nitrogens with one attached hydrogen (secondary N) is 1. The predicted molar refractivity (Wildman–Crippen MR) is 125 cm³/mol. The van der Waals surface area contributed by atoms with Gasteiger partial charge in [-0.05, 0) is 54.4 Å². The molecule has 1 aliphatic rings. The first-order chi connectivity index (χ1) is 17.9. The molecule has 8 nitrogen and oxygen atoms in total. The lowest BCUT2D eigenvalue weighted by atomic mass is 10.1. The van der Waals surface area contributed by atoms with Crippen molar-refractivity contribution < 1.29 is 36.6 Å². The first-order valence-corrected chi connectivity index (χ1v) is 12.5. The lowest BCUT2D eigenvalue weighted by Gasteiger charge is -2.24. The molecular formula is C24H20F5N5O3S. The molecule has 3 heterocycles. The van der Waals surface area contributed by atoms with Crippen LogP contribution in [0.2, 0.25) is 0 Å². The van der Waals surface area contributed by atoms with E-state index >= 15 is 0 Å². The van der Waals surface area contributed by atoms with Crippen LogP contribution in [0.15, 0.2) is 59.8 Å². The summed E-state index contributed by atoms with van der Waals surface area (Å²) in [5, 5.41) is 11.8. The van der Waals surface area contributed by atoms with Gasteiger partial charge in [0.2, 0.25) is 15.9 Å². The number of carbonyl (C=O) groups is 1. The number of pyridine rings is 2. The van der Waals surface area contributed by atoms with Crippen molar-refractivity contribution in [3.63, 3.8) is 0 Å². The fourth-order valence-corrected chi connectivity index (χ4v) is 5.56. The zero-order valence-electron chi connectivity index (χ0n) is 19.3. The highest BCUT2D eigenvalue weighted by molar-refractivity contribution is 7.89. The molecule has 0 unspecified atom stereocenters. The van der Waals surface area contributed by atoms with E-state index in [0.29, 0.717) is 4.31 Å². The number of hydrogen-bond donors (Lipinski definition) is 1. The number of benzene rings is 1. The van der Waals surface area contributed by atoms with Crippen LogP contribution >= 0.6 is 0 Å². The molecule has 0 spiro atoms. The summed E-state index contributed by atoms with van der Waals surface area (Å²) >= 11 is 0. The van der Waals surface area contributed by atoms with Crippen molar-refractivity contribution in [3.8, 4) is 17.3 Å². The summed E-state index contributed by atoms with van der Waals surface area (Å²) in [4.78, 5) is 20.0. The number of halogens is 5. The van der Waals surface area contributed by atoms with Crippen LogP contribution in [0.25, 0.3) is 11.3 Å². The highest BCUT2D eigenvalue weighted by Crippen LogP contribution is 2.30. The summed E-state index contributed by atoms with van der Waals surface area (Å²) < 4.78 is 93.0. The van der Waals surface area contributed by atoms with Crippen LogP contribution in [-0.4, -0.2) is 47.4 Å². The Labute approximate surface area is 215 Å². The average molecular weight is 554 g/mol. The van der Waals surface area contributed by atoms with Gasteiger partial charge in [-0.25, -0.2) is 17.2 Å². The first kappa shape index (κ1) is 27.1. The number of sulfonamides is 1. The third-order valence-corrected chi connectivity index (χ3v) is 7.77. The number of alkyl halides is 4. The van der Waals surface area contributed by atoms with Gasteiger partial charge in [0.1, 0.15) is 29.8 Å². The Bertz CT molecular complexity index is 1500. The van der Waals surface area contributed by atoms with E-state index in [0.717, 1.165) is 48.8 Å². The quantitative estimate of drug-likeness (QED) is 0.464. The second kappa shape index (κ2) is 10.4. The van der Waals surface area contributed by atoms with Crippen molar-refractivity contribution in [1.82, 2.24) is 19.6 Å². The van der Waals surface area contributed by atoms with E-state index in [9.17, 15) is 40.4 Å². The van der Waals surface area contributed by atoms with Gasteiger partial charge in [0.25, 0.3) is 0 Å². The highest BCUT2D eigenvalue weighted by Gasteiger charge is 2.46. The van der Waals surface area contributed by atoms with E-state index in [1.807, 2.05) is 6.07 Å². The summed E-state index contributed by atoms with van der Waals surface area (Å²) in [5.74, 6) is -1.63. The maximum absolute atomic E-state index is 14.7. The second-order valence-electron chi connectivity index (χ2n) is 8.31. The van der Waals surface area contributed by atoms with Gasteiger partial charge in [-0.2, -0.15) is 22.7 Å². The van der Waals surface area contributed by atoms with E-state index in [1.54, 1.807) is 0 Å². The lowest BCUT2D eigenvalue weighted by Crippen LogP contribution is -2.49. The Morgan fingerprint density at radius 3 is 2.47 bits per heavy atom. The molecule has 3 aromatic rings. The molecule has 0 saturated carbocycles. The molecule has 0 aliphatic carbocycles. The normalized spacial score (nSPS) is 18.2. The van der Waals surface area contributed by atoms with Gasteiger partial charge in [0, 0.05) is 32.5 Å². The smallest absolute Gasteiger partial charge is 0.350 e. The van der Waals surface area contributed by atoms with Crippen molar-refractivity contribution in [2.75, 3.05) is 6.54 Å². The Kier molecular flexibility index (Phi) is 7.43. The van der Waals surface area contributed by atoms with E-state index in [1.165, 1.54) is 6.07 Å². The minimum atomic E-state index is -4.63. The molecule has 1 fully saturated rings. The Balaban J connectivity index is 0.00000420. The molecular weight excluding hydrogens is 533 g/mol. The molecule has 200 valence electrons. The molecule has 1 aliphatic heterocycles. The third-order valence-electron chi connectivity index (χ3n) is 5.88. The summed E-state index contributed by atoms with van der Waals surface area (Å²) in [6.07, 6.45) is -4.55. The van der Waals surface area contributed by atoms with Crippen LogP contribution in [0.4, 0.5) is 22.0 Å². The Morgan fingerprint density at radius 2 is 1.87 bits per heavy atom. The van der Waals surface area contributed by atoms with E-state index in [2.05, 4.69) is 15.3 Å². The van der Waals surface area contributed by atoms with Crippen molar-refractivity contribution in [2.24, 2.45) is 0 Å².